The standard InChI is InChI=1S/C19H24N4O2/c1-18(2,3)11-7-10(8-12(14(11)24)19(4,5)6)15-22-16-13(17(25)23-15)20-9-21-16/h7-9,24H,1-6H3,(H2,20,21,22,23,25). The SMILES string of the molecule is CC(C)(C)c1cc(-c2nc(O)c3nc[nH]c3n2)cc(C(C)(C)C)c1O. The third-order valence-corrected chi connectivity index (χ3v) is 4.24. The van der Waals surface area contributed by atoms with Crippen molar-refractivity contribution >= 4 is 11.2 Å². The number of phenolic OH excluding ortho intramolecular Hbond substituents is 1. The molecule has 0 aliphatic heterocycles. The Kier molecular flexibility index (Phi) is 3.74. The van der Waals surface area contributed by atoms with Gasteiger partial charge in [-0.05, 0) is 23.0 Å². The Bertz CT molecular complexity index is 911. The lowest BCUT2D eigenvalue weighted by Crippen LogP contribution is -2.17. The van der Waals surface area contributed by atoms with Crippen molar-refractivity contribution < 1.29 is 10.2 Å². The van der Waals surface area contributed by atoms with E-state index in [9.17, 15) is 10.2 Å². The first kappa shape index (κ1) is 17.2. The number of aromatic hydroxyl groups is 2. The number of hydrogen-bond acceptors (Lipinski definition) is 5. The molecule has 0 saturated heterocycles. The molecular weight excluding hydrogens is 316 g/mol. The first-order valence-corrected chi connectivity index (χ1v) is 8.27. The average molecular weight is 340 g/mol. The van der Waals surface area contributed by atoms with Gasteiger partial charge in [-0.2, -0.15) is 4.98 Å². The van der Waals surface area contributed by atoms with E-state index in [-0.39, 0.29) is 16.7 Å². The smallest absolute Gasteiger partial charge is 0.243 e. The van der Waals surface area contributed by atoms with Gasteiger partial charge in [-0.3, -0.25) is 0 Å². The molecule has 2 aromatic heterocycles. The number of aromatic nitrogens is 4. The summed E-state index contributed by atoms with van der Waals surface area (Å²) in [6.45, 7) is 12.3. The van der Waals surface area contributed by atoms with Crippen LogP contribution in [0.1, 0.15) is 52.7 Å². The third-order valence-electron chi connectivity index (χ3n) is 4.24. The van der Waals surface area contributed by atoms with Crippen molar-refractivity contribution in [3.05, 3.63) is 29.6 Å². The second-order valence-corrected chi connectivity index (χ2v) is 8.39. The maximum Gasteiger partial charge on any atom is 0.243 e. The molecule has 0 fully saturated rings. The second kappa shape index (κ2) is 5.44. The van der Waals surface area contributed by atoms with Crippen molar-refractivity contribution in [2.45, 2.75) is 52.4 Å². The summed E-state index contributed by atoms with van der Waals surface area (Å²) in [7, 11) is 0. The lowest BCUT2D eigenvalue weighted by molar-refractivity contribution is 0.423. The van der Waals surface area contributed by atoms with Crippen LogP contribution in [0.15, 0.2) is 18.5 Å². The van der Waals surface area contributed by atoms with Gasteiger partial charge in [0.05, 0.1) is 6.33 Å². The molecule has 6 heteroatoms. The number of fused-ring (bicyclic) bond motifs is 1. The number of H-pyrrole nitrogens is 1. The van der Waals surface area contributed by atoms with E-state index in [1.54, 1.807) is 0 Å². The van der Waals surface area contributed by atoms with Crippen molar-refractivity contribution in [2.75, 3.05) is 0 Å². The van der Waals surface area contributed by atoms with Crippen molar-refractivity contribution in [1.82, 2.24) is 19.9 Å². The molecule has 0 aliphatic carbocycles. The molecule has 0 spiro atoms. The highest BCUT2D eigenvalue weighted by Gasteiger charge is 2.27. The van der Waals surface area contributed by atoms with Crippen molar-refractivity contribution in [1.29, 1.82) is 0 Å². The summed E-state index contributed by atoms with van der Waals surface area (Å²) in [6, 6.07) is 3.78. The number of imidazole rings is 1. The van der Waals surface area contributed by atoms with Gasteiger partial charge in [-0.1, -0.05) is 41.5 Å². The molecule has 2 heterocycles. The molecule has 0 atom stereocenters. The molecule has 0 unspecified atom stereocenters. The molecule has 0 amide bonds. The Morgan fingerprint density at radius 1 is 0.880 bits per heavy atom. The summed E-state index contributed by atoms with van der Waals surface area (Å²) in [4.78, 5) is 15.6. The second-order valence-electron chi connectivity index (χ2n) is 8.39. The van der Waals surface area contributed by atoms with E-state index in [1.165, 1.54) is 6.33 Å². The first-order chi connectivity index (χ1) is 11.5. The minimum atomic E-state index is -0.250. The zero-order valence-corrected chi connectivity index (χ0v) is 15.5. The number of aromatic amines is 1. The van der Waals surface area contributed by atoms with Crippen molar-refractivity contribution in [2.24, 2.45) is 0 Å². The number of nitrogens with one attached hydrogen (secondary N) is 1. The number of phenols is 1. The van der Waals surface area contributed by atoms with Gasteiger partial charge in [0.1, 0.15) is 5.75 Å². The highest BCUT2D eigenvalue weighted by Crippen LogP contribution is 2.41. The lowest BCUT2D eigenvalue weighted by atomic mass is 9.78. The fourth-order valence-corrected chi connectivity index (χ4v) is 2.86. The topological polar surface area (TPSA) is 94.9 Å². The Hall–Kier alpha value is -2.63. The molecule has 3 rings (SSSR count). The summed E-state index contributed by atoms with van der Waals surface area (Å²) in [6.07, 6.45) is 1.47. The molecule has 0 saturated carbocycles. The van der Waals surface area contributed by atoms with Gasteiger partial charge in [-0.15, -0.1) is 0 Å². The monoisotopic (exact) mass is 340 g/mol. The summed E-state index contributed by atoms with van der Waals surface area (Å²) in [5.74, 6) is 0.532. The van der Waals surface area contributed by atoms with Gasteiger partial charge >= 0.3 is 0 Å². The van der Waals surface area contributed by atoms with Gasteiger partial charge in [-0.25, -0.2) is 9.97 Å². The molecule has 0 aliphatic rings. The van der Waals surface area contributed by atoms with Crippen LogP contribution in [0.5, 0.6) is 11.6 Å². The summed E-state index contributed by atoms with van der Waals surface area (Å²) >= 11 is 0. The highest BCUT2D eigenvalue weighted by atomic mass is 16.3. The number of rotatable bonds is 1. The predicted octanol–water partition coefficient (Wildman–Crippen LogP) is 4.03. The van der Waals surface area contributed by atoms with Gasteiger partial charge in [0.25, 0.3) is 0 Å². The predicted molar refractivity (Wildman–Crippen MR) is 97.8 cm³/mol. The van der Waals surface area contributed by atoms with Gasteiger partial charge < -0.3 is 15.2 Å². The van der Waals surface area contributed by atoms with Gasteiger partial charge in [0, 0.05) is 16.7 Å². The van der Waals surface area contributed by atoms with E-state index < -0.39 is 0 Å². The summed E-state index contributed by atoms with van der Waals surface area (Å²) < 4.78 is 0. The van der Waals surface area contributed by atoms with E-state index in [4.69, 9.17) is 0 Å². The van der Waals surface area contributed by atoms with Crippen LogP contribution in [0.2, 0.25) is 0 Å². The van der Waals surface area contributed by atoms with E-state index in [0.29, 0.717) is 22.7 Å². The molecule has 0 radical (unpaired) electrons. The first-order valence-electron chi connectivity index (χ1n) is 8.27. The maximum atomic E-state index is 10.8. The Balaban J connectivity index is 2.31. The van der Waals surface area contributed by atoms with Crippen LogP contribution in [0.3, 0.4) is 0 Å². The van der Waals surface area contributed by atoms with Crippen LogP contribution in [0.4, 0.5) is 0 Å². The van der Waals surface area contributed by atoms with E-state index in [0.717, 1.165) is 16.7 Å². The van der Waals surface area contributed by atoms with Crippen molar-refractivity contribution in [3.8, 4) is 23.0 Å². The van der Waals surface area contributed by atoms with E-state index >= 15 is 0 Å². The van der Waals surface area contributed by atoms with Crippen LogP contribution in [-0.2, 0) is 10.8 Å². The van der Waals surface area contributed by atoms with Gasteiger partial charge in [0.2, 0.25) is 5.88 Å². The molecule has 25 heavy (non-hydrogen) atoms. The number of hydrogen-bond donors (Lipinski definition) is 3. The summed E-state index contributed by atoms with van der Waals surface area (Å²) in [5.41, 5.74) is 2.71. The van der Waals surface area contributed by atoms with Crippen molar-refractivity contribution in [3.63, 3.8) is 0 Å². The zero-order valence-electron chi connectivity index (χ0n) is 15.5. The molecule has 3 aromatic rings. The maximum absolute atomic E-state index is 10.8. The van der Waals surface area contributed by atoms with E-state index in [1.807, 2.05) is 12.1 Å². The zero-order chi connectivity index (χ0) is 18.6. The van der Waals surface area contributed by atoms with Crippen LogP contribution in [0.25, 0.3) is 22.6 Å². The molecule has 6 nitrogen and oxygen atoms in total. The summed E-state index contributed by atoms with van der Waals surface area (Å²) in [5, 5.41) is 21.0. The lowest BCUT2D eigenvalue weighted by Gasteiger charge is -2.28. The fourth-order valence-electron chi connectivity index (χ4n) is 2.86. The van der Waals surface area contributed by atoms with Crippen LogP contribution in [0, 0.1) is 0 Å². The minimum Gasteiger partial charge on any atom is -0.507 e. The van der Waals surface area contributed by atoms with Crippen LogP contribution < -0.4 is 0 Å². The third kappa shape index (κ3) is 3.04. The normalized spacial score (nSPS) is 12.7. The Labute approximate surface area is 147 Å². The fraction of sp³-hybridized carbons (Fsp3) is 0.421. The van der Waals surface area contributed by atoms with Gasteiger partial charge in [0.15, 0.2) is 17.0 Å². The van der Waals surface area contributed by atoms with Crippen LogP contribution >= 0.6 is 0 Å². The molecule has 1 aromatic carbocycles. The average Bonchev–Trinajstić information content (AvgIpc) is 2.94. The number of benzene rings is 1. The Morgan fingerprint density at radius 3 is 1.96 bits per heavy atom. The van der Waals surface area contributed by atoms with E-state index in [2.05, 4.69) is 61.5 Å². The number of nitrogens with zero attached hydrogens (tertiary/aromatic N) is 3. The molecule has 0 bridgehead atoms. The molecular formula is C19H24N4O2. The minimum absolute atomic E-state index is 0.163. The Morgan fingerprint density at radius 2 is 1.44 bits per heavy atom. The molecule has 3 N–H and O–H groups in total. The highest BCUT2D eigenvalue weighted by molar-refractivity contribution is 5.78. The van der Waals surface area contributed by atoms with Crippen LogP contribution in [-0.4, -0.2) is 30.1 Å². The largest absolute Gasteiger partial charge is 0.507 e. The quantitative estimate of drug-likeness (QED) is 0.622. The molecule has 132 valence electrons.